The van der Waals surface area contributed by atoms with Crippen molar-refractivity contribution in [2.75, 3.05) is 31.3 Å². The number of carbonyl (C=O) groups excluding carboxylic acids is 1. The van der Waals surface area contributed by atoms with Crippen LogP contribution in [0.2, 0.25) is 0 Å². The average Bonchev–Trinajstić information content (AvgIpc) is 2.51. The van der Waals surface area contributed by atoms with Crippen molar-refractivity contribution in [2.24, 2.45) is 0 Å². The first-order valence-corrected chi connectivity index (χ1v) is 8.55. The highest BCUT2D eigenvalue weighted by atomic mass is 16.5. The third kappa shape index (κ3) is 3.85. The first kappa shape index (κ1) is 16.3. The molecule has 0 aromatic heterocycles. The van der Waals surface area contributed by atoms with E-state index in [2.05, 4.69) is 30.1 Å². The van der Waals surface area contributed by atoms with Crippen LogP contribution >= 0.6 is 0 Å². The van der Waals surface area contributed by atoms with Gasteiger partial charge in [-0.05, 0) is 38.3 Å². The Morgan fingerprint density at radius 3 is 2.74 bits per heavy atom. The Hall–Kier alpha value is -1.59. The van der Waals surface area contributed by atoms with E-state index in [4.69, 9.17) is 4.74 Å². The number of rotatable bonds is 3. The van der Waals surface area contributed by atoms with Crippen LogP contribution in [-0.4, -0.2) is 49.3 Å². The van der Waals surface area contributed by atoms with Crippen LogP contribution < -0.4 is 15.0 Å². The molecule has 0 radical (unpaired) electrons. The van der Waals surface area contributed by atoms with Crippen molar-refractivity contribution < 1.29 is 9.53 Å². The minimum absolute atomic E-state index is 0.104. The standard InChI is InChI=1S/C18H27N3O2/c1-13-10-20(11-14(2)19-13)12-23-17-7-6-16-5-4-8-21(15(3)22)18(16)9-17/h6-7,9,13-14,19H,4-5,8,10-12H2,1-3H3. The van der Waals surface area contributed by atoms with Gasteiger partial charge in [-0.15, -0.1) is 0 Å². The zero-order chi connectivity index (χ0) is 16.4. The molecule has 0 spiro atoms. The molecule has 0 bridgehead atoms. The lowest BCUT2D eigenvalue weighted by Crippen LogP contribution is -2.54. The van der Waals surface area contributed by atoms with E-state index in [-0.39, 0.29) is 5.91 Å². The summed E-state index contributed by atoms with van der Waals surface area (Å²) in [5.74, 6) is 0.948. The number of benzene rings is 1. The van der Waals surface area contributed by atoms with Gasteiger partial charge in [0.2, 0.25) is 5.91 Å². The number of nitrogens with zero attached hydrogens (tertiary/aromatic N) is 2. The lowest BCUT2D eigenvalue weighted by Gasteiger charge is -2.35. The molecule has 0 aliphatic carbocycles. The van der Waals surface area contributed by atoms with Gasteiger partial charge in [-0.2, -0.15) is 0 Å². The van der Waals surface area contributed by atoms with Crippen molar-refractivity contribution in [3.05, 3.63) is 23.8 Å². The zero-order valence-corrected chi connectivity index (χ0v) is 14.3. The zero-order valence-electron chi connectivity index (χ0n) is 14.3. The van der Waals surface area contributed by atoms with Crippen molar-refractivity contribution >= 4 is 11.6 Å². The summed E-state index contributed by atoms with van der Waals surface area (Å²) in [6, 6.07) is 7.11. The highest BCUT2D eigenvalue weighted by Gasteiger charge is 2.22. The van der Waals surface area contributed by atoms with Crippen LogP contribution in [-0.2, 0) is 11.2 Å². The molecule has 23 heavy (non-hydrogen) atoms. The van der Waals surface area contributed by atoms with Gasteiger partial charge in [0.1, 0.15) is 12.5 Å². The molecule has 1 aromatic rings. The Labute approximate surface area is 138 Å². The van der Waals surface area contributed by atoms with E-state index < -0.39 is 0 Å². The van der Waals surface area contributed by atoms with E-state index in [1.54, 1.807) is 6.92 Å². The molecule has 1 amide bonds. The number of aryl methyl sites for hydroxylation is 1. The Balaban J connectivity index is 1.67. The predicted octanol–water partition coefficient (Wildman–Crippen LogP) is 2.00. The van der Waals surface area contributed by atoms with Gasteiger partial charge in [0, 0.05) is 44.7 Å². The summed E-state index contributed by atoms with van der Waals surface area (Å²) < 4.78 is 6.00. The fraction of sp³-hybridized carbons (Fsp3) is 0.611. The molecule has 1 aromatic carbocycles. The molecular weight excluding hydrogens is 290 g/mol. The van der Waals surface area contributed by atoms with E-state index in [1.807, 2.05) is 17.0 Å². The molecule has 5 nitrogen and oxygen atoms in total. The molecule has 2 aliphatic rings. The molecule has 1 saturated heterocycles. The predicted molar refractivity (Wildman–Crippen MR) is 91.9 cm³/mol. The van der Waals surface area contributed by atoms with Crippen LogP contribution in [0.15, 0.2) is 18.2 Å². The monoisotopic (exact) mass is 317 g/mol. The van der Waals surface area contributed by atoms with Crippen LogP contribution in [0, 0.1) is 0 Å². The maximum absolute atomic E-state index is 11.8. The average molecular weight is 317 g/mol. The summed E-state index contributed by atoms with van der Waals surface area (Å²) in [5, 5.41) is 3.53. The first-order chi connectivity index (χ1) is 11.0. The summed E-state index contributed by atoms with van der Waals surface area (Å²) in [6.07, 6.45) is 2.07. The lowest BCUT2D eigenvalue weighted by molar-refractivity contribution is -0.116. The van der Waals surface area contributed by atoms with Crippen molar-refractivity contribution in [2.45, 2.75) is 45.7 Å². The summed E-state index contributed by atoms with van der Waals surface area (Å²) in [4.78, 5) is 16.0. The normalized spacial score (nSPS) is 25.1. The lowest BCUT2D eigenvalue weighted by atomic mass is 10.0. The maximum atomic E-state index is 11.8. The Kier molecular flexibility index (Phi) is 4.87. The minimum atomic E-state index is 0.104. The van der Waals surface area contributed by atoms with E-state index in [1.165, 1.54) is 5.56 Å². The third-order valence-electron chi connectivity index (χ3n) is 4.60. The summed E-state index contributed by atoms with van der Waals surface area (Å²) >= 11 is 0. The van der Waals surface area contributed by atoms with Crippen molar-refractivity contribution in [1.82, 2.24) is 10.2 Å². The van der Waals surface area contributed by atoms with Gasteiger partial charge in [0.05, 0.1) is 5.69 Å². The second-order valence-corrected chi connectivity index (χ2v) is 6.84. The van der Waals surface area contributed by atoms with Gasteiger partial charge in [-0.1, -0.05) is 6.07 Å². The maximum Gasteiger partial charge on any atom is 0.223 e. The van der Waals surface area contributed by atoms with Gasteiger partial charge >= 0.3 is 0 Å². The van der Waals surface area contributed by atoms with Gasteiger partial charge in [0.25, 0.3) is 0 Å². The molecule has 2 unspecified atom stereocenters. The van der Waals surface area contributed by atoms with E-state index in [9.17, 15) is 4.79 Å². The topological polar surface area (TPSA) is 44.8 Å². The second kappa shape index (κ2) is 6.89. The number of carbonyl (C=O) groups is 1. The number of fused-ring (bicyclic) bond motifs is 1. The van der Waals surface area contributed by atoms with Crippen LogP contribution in [0.5, 0.6) is 5.75 Å². The Bertz CT molecular complexity index is 565. The molecule has 0 saturated carbocycles. The first-order valence-electron chi connectivity index (χ1n) is 8.55. The molecule has 126 valence electrons. The molecule has 1 fully saturated rings. The fourth-order valence-corrected chi connectivity index (χ4v) is 3.68. The van der Waals surface area contributed by atoms with Crippen LogP contribution in [0.25, 0.3) is 0 Å². The number of hydrogen-bond donors (Lipinski definition) is 1. The van der Waals surface area contributed by atoms with Crippen molar-refractivity contribution in [3.8, 4) is 5.75 Å². The molecule has 2 heterocycles. The Morgan fingerprint density at radius 1 is 1.30 bits per heavy atom. The third-order valence-corrected chi connectivity index (χ3v) is 4.60. The van der Waals surface area contributed by atoms with Gasteiger partial charge in [-0.25, -0.2) is 0 Å². The van der Waals surface area contributed by atoms with E-state index in [0.717, 1.165) is 43.9 Å². The number of anilines is 1. The smallest absolute Gasteiger partial charge is 0.223 e. The second-order valence-electron chi connectivity index (χ2n) is 6.84. The van der Waals surface area contributed by atoms with Crippen molar-refractivity contribution in [1.29, 1.82) is 0 Å². The number of piperazine rings is 1. The largest absolute Gasteiger partial charge is 0.478 e. The molecule has 5 heteroatoms. The van der Waals surface area contributed by atoms with Gasteiger partial charge < -0.3 is 15.0 Å². The van der Waals surface area contributed by atoms with Gasteiger partial charge in [-0.3, -0.25) is 9.69 Å². The summed E-state index contributed by atoms with van der Waals surface area (Å²) in [5.41, 5.74) is 2.26. The highest BCUT2D eigenvalue weighted by molar-refractivity contribution is 5.93. The number of ether oxygens (including phenoxy) is 1. The van der Waals surface area contributed by atoms with Gasteiger partial charge in [0.15, 0.2) is 0 Å². The van der Waals surface area contributed by atoms with E-state index >= 15 is 0 Å². The fourth-order valence-electron chi connectivity index (χ4n) is 3.68. The summed E-state index contributed by atoms with van der Waals surface area (Å²) in [7, 11) is 0. The number of amides is 1. The molecule has 1 N–H and O–H groups in total. The Morgan fingerprint density at radius 2 is 2.04 bits per heavy atom. The van der Waals surface area contributed by atoms with E-state index in [0.29, 0.717) is 18.8 Å². The van der Waals surface area contributed by atoms with Crippen LogP contribution in [0.4, 0.5) is 5.69 Å². The molecule has 2 aliphatic heterocycles. The number of hydrogen-bond acceptors (Lipinski definition) is 4. The van der Waals surface area contributed by atoms with Crippen LogP contribution in [0.3, 0.4) is 0 Å². The molecule has 3 rings (SSSR count). The minimum Gasteiger partial charge on any atom is -0.478 e. The van der Waals surface area contributed by atoms with Crippen molar-refractivity contribution in [3.63, 3.8) is 0 Å². The van der Waals surface area contributed by atoms with Crippen LogP contribution in [0.1, 0.15) is 32.8 Å². The summed E-state index contributed by atoms with van der Waals surface area (Å²) in [6.45, 7) is 9.42. The molecule has 2 atom stereocenters. The SMILES string of the molecule is CC(=O)N1CCCc2ccc(OCN3CC(C)NC(C)C3)cc21. The molecular formula is C18H27N3O2. The number of nitrogens with one attached hydrogen (secondary N) is 1. The quantitative estimate of drug-likeness (QED) is 0.926. The highest BCUT2D eigenvalue weighted by Crippen LogP contribution is 2.31.